The van der Waals surface area contributed by atoms with Gasteiger partial charge >= 0.3 is 0 Å². The molecular formula is C15H19N3O3. The van der Waals surface area contributed by atoms with Crippen molar-refractivity contribution in [2.45, 2.75) is 19.4 Å². The molecule has 0 spiro atoms. The minimum Gasteiger partial charge on any atom is -0.383 e. The third kappa shape index (κ3) is 3.53. The molecule has 0 radical (unpaired) electrons. The summed E-state index contributed by atoms with van der Waals surface area (Å²) in [5.74, 6) is 0. The SMILES string of the molecule is CCNC(COC)Cc1ccc([N+](=O)[O-])c2cccnc12. The smallest absolute Gasteiger partial charge is 0.278 e. The van der Waals surface area contributed by atoms with Crippen LogP contribution in [-0.4, -0.2) is 36.2 Å². The van der Waals surface area contributed by atoms with Gasteiger partial charge in [0.15, 0.2) is 0 Å². The first-order valence-corrected chi connectivity index (χ1v) is 6.90. The lowest BCUT2D eigenvalue weighted by molar-refractivity contribution is -0.383. The average Bonchev–Trinajstić information content (AvgIpc) is 2.47. The Hall–Kier alpha value is -2.05. The summed E-state index contributed by atoms with van der Waals surface area (Å²) in [6.45, 7) is 3.46. The predicted octanol–water partition coefficient (Wildman–Crippen LogP) is 2.31. The number of hydrogen-bond acceptors (Lipinski definition) is 5. The van der Waals surface area contributed by atoms with Gasteiger partial charge in [-0.3, -0.25) is 15.1 Å². The zero-order valence-electron chi connectivity index (χ0n) is 12.2. The molecule has 0 aliphatic rings. The van der Waals surface area contributed by atoms with Crippen LogP contribution in [0.5, 0.6) is 0 Å². The maximum atomic E-state index is 11.1. The number of nitrogens with zero attached hydrogens (tertiary/aromatic N) is 2. The molecule has 0 fully saturated rings. The van der Waals surface area contributed by atoms with Crippen molar-refractivity contribution >= 4 is 16.6 Å². The van der Waals surface area contributed by atoms with Crippen LogP contribution in [-0.2, 0) is 11.2 Å². The summed E-state index contributed by atoms with van der Waals surface area (Å²) in [6, 6.07) is 6.95. The summed E-state index contributed by atoms with van der Waals surface area (Å²) >= 11 is 0. The number of benzene rings is 1. The van der Waals surface area contributed by atoms with Crippen molar-refractivity contribution in [3.63, 3.8) is 0 Å². The van der Waals surface area contributed by atoms with E-state index in [1.54, 1.807) is 37.6 Å². The highest BCUT2D eigenvalue weighted by atomic mass is 16.6. The van der Waals surface area contributed by atoms with E-state index in [9.17, 15) is 10.1 Å². The summed E-state index contributed by atoms with van der Waals surface area (Å²) in [4.78, 5) is 15.1. The van der Waals surface area contributed by atoms with E-state index in [4.69, 9.17) is 4.74 Å². The van der Waals surface area contributed by atoms with Gasteiger partial charge in [0.1, 0.15) is 0 Å². The van der Waals surface area contributed by atoms with Gasteiger partial charge in [0.25, 0.3) is 5.69 Å². The Morgan fingerprint density at radius 1 is 1.43 bits per heavy atom. The first-order chi connectivity index (χ1) is 10.2. The van der Waals surface area contributed by atoms with Gasteiger partial charge in [0.2, 0.25) is 0 Å². The van der Waals surface area contributed by atoms with Gasteiger partial charge in [0.05, 0.1) is 22.4 Å². The van der Waals surface area contributed by atoms with Crippen molar-refractivity contribution in [3.05, 3.63) is 46.1 Å². The number of nitrogens with one attached hydrogen (secondary N) is 1. The van der Waals surface area contributed by atoms with E-state index < -0.39 is 0 Å². The highest BCUT2D eigenvalue weighted by molar-refractivity contribution is 5.90. The number of hydrogen-bond donors (Lipinski definition) is 1. The maximum Gasteiger partial charge on any atom is 0.278 e. The van der Waals surface area contributed by atoms with Gasteiger partial charge in [-0.2, -0.15) is 0 Å². The van der Waals surface area contributed by atoms with Gasteiger partial charge in [-0.05, 0) is 36.7 Å². The predicted molar refractivity (Wildman–Crippen MR) is 81.4 cm³/mol. The Morgan fingerprint density at radius 2 is 2.24 bits per heavy atom. The topological polar surface area (TPSA) is 77.3 Å². The molecule has 0 aliphatic heterocycles. The van der Waals surface area contributed by atoms with Gasteiger partial charge in [-0.1, -0.05) is 6.92 Å². The highest BCUT2D eigenvalue weighted by Crippen LogP contribution is 2.27. The molecule has 0 amide bonds. The van der Waals surface area contributed by atoms with Crippen LogP contribution in [0.4, 0.5) is 5.69 Å². The molecule has 6 nitrogen and oxygen atoms in total. The number of rotatable bonds is 7. The van der Waals surface area contributed by atoms with Crippen molar-refractivity contribution in [2.75, 3.05) is 20.3 Å². The molecule has 1 aromatic carbocycles. The van der Waals surface area contributed by atoms with E-state index in [-0.39, 0.29) is 16.7 Å². The standard InChI is InChI=1S/C15H19N3O3/c1-3-16-12(10-21-2)9-11-6-7-14(18(19)20)13-5-4-8-17-15(11)13/h4-8,12,16H,3,9-10H2,1-2H3. The van der Waals surface area contributed by atoms with Crippen molar-refractivity contribution < 1.29 is 9.66 Å². The monoisotopic (exact) mass is 289 g/mol. The van der Waals surface area contributed by atoms with Gasteiger partial charge in [-0.15, -0.1) is 0 Å². The third-order valence-electron chi connectivity index (χ3n) is 3.35. The number of fused-ring (bicyclic) bond motifs is 1. The highest BCUT2D eigenvalue weighted by Gasteiger charge is 2.17. The van der Waals surface area contributed by atoms with Gasteiger partial charge in [-0.25, -0.2) is 0 Å². The second-order valence-electron chi connectivity index (χ2n) is 4.81. The molecular weight excluding hydrogens is 270 g/mol. The molecule has 0 saturated carbocycles. The van der Waals surface area contributed by atoms with Crippen LogP contribution in [0, 0.1) is 10.1 Å². The number of ether oxygens (including phenoxy) is 1. The summed E-state index contributed by atoms with van der Waals surface area (Å²) in [7, 11) is 1.66. The zero-order chi connectivity index (χ0) is 15.2. The Kier molecular flexibility index (Phi) is 5.19. The lowest BCUT2D eigenvalue weighted by Gasteiger charge is -2.17. The van der Waals surface area contributed by atoms with Crippen molar-refractivity contribution in [2.24, 2.45) is 0 Å². The fraction of sp³-hybridized carbons (Fsp3) is 0.400. The molecule has 112 valence electrons. The third-order valence-corrected chi connectivity index (χ3v) is 3.35. The van der Waals surface area contributed by atoms with Crippen LogP contribution in [0.25, 0.3) is 10.9 Å². The lowest BCUT2D eigenvalue weighted by Crippen LogP contribution is -2.35. The molecule has 1 N–H and O–H groups in total. The Bertz CT molecular complexity index is 625. The van der Waals surface area contributed by atoms with E-state index in [2.05, 4.69) is 10.3 Å². The molecule has 1 unspecified atom stereocenters. The summed E-state index contributed by atoms with van der Waals surface area (Å²) in [5.41, 5.74) is 1.76. The molecule has 2 aromatic rings. The number of likely N-dealkylation sites (N-methyl/N-ethyl adjacent to an activating group) is 1. The van der Waals surface area contributed by atoms with Crippen LogP contribution in [0.2, 0.25) is 0 Å². The first-order valence-electron chi connectivity index (χ1n) is 6.90. The second-order valence-corrected chi connectivity index (χ2v) is 4.81. The number of pyridine rings is 1. The number of methoxy groups -OCH3 is 1. The normalized spacial score (nSPS) is 12.5. The molecule has 1 heterocycles. The molecule has 1 atom stereocenters. The van der Waals surface area contributed by atoms with Crippen LogP contribution in [0.1, 0.15) is 12.5 Å². The second kappa shape index (κ2) is 7.10. The van der Waals surface area contributed by atoms with Crippen LogP contribution >= 0.6 is 0 Å². The zero-order valence-corrected chi connectivity index (χ0v) is 12.2. The molecule has 0 bridgehead atoms. The van der Waals surface area contributed by atoms with E-state index in [0.717, 1.165) is 12.1 Å². The van der Waals surface area contributed by atoms with Crippen LogP contribution in [0.15, 0.2) is 30.5 Å². The van der Waals surface area contributed by atoms with E-state index in [1.807, 2.05) is 6.92 Å². The quantitative estimate of drug-likeness (QED) is 0.625. The Labute approximate surface area is 123 Å². The van der Waals surface area contributed by atoms with E-state index in [0.29, 0.717) is 23.9 Å². The van der Waals surface area contributed by atoms with E-state index >= 15 is 0 Å². The lowest BCUT2D eigenvalue weighted by atomic mass is 10.0. The van der Waals surface area contributed by atoms with Gasteiger partial charge in [0, 0.05) is 25.4 Å². The Balaban J connectivity index is 2.40. The number of nitro groups is 1. The molecule has 1 aromatic heterocycles. The minimum atomic E-state index is -0.370. The number of nitro benzene ring substituents is 1. The van der Waals surface area contributed by atoms with Crippen molar-refractivity contribution in [1.29, 1.82) is 0 Å². The molecule has 21 heavy (non-hydrogen) atoms. The minimum absolute atomic E-state index is 0.0913. The molecule has 2 rings (SSSR count). The van der Waals surface area contributed by atoms with Gasteiger partial charge < -0.3 is 10.1 Å². The fourth-order valence-corrected chi connectivity index (χ4v) is 2.49. The van der Waals surface area contributed by atoms with Crippen LogP contribution < -0.4 is 5.32 Å². The first kappa shape index (κ1) is 15.3. The molecule has 0 saturated heterocycles. The average molecular weight is 289 g/mol. The number of non-ortho nitro benzene ring substituents is 1. The summed E-state index contributed by atoms with van der Waals surface area (Å²) < 4.78 is 5.21. The fourth-order valence-electron chi connectivity index (χ4n) is 2.49. The maximum absolute atomic E-state index is 11.1. The molecule has 0 aliphatic carbocycles. The van der Waals surface area contributed by atoms with Crippen molar-refractivity contribution in [3.8, 4) is 0 Å². The summed E-state index contributed by atoms with van der Waals surface area (Å²) in [5, 5.41) is 15.0. The van der Waals surface area contributed by atoms with Crippen LogP contribution in [0.3, 0.4) is 0 Å². The van der Waals surface area contributed by atoms with E-state index in [1.165, 1.54) is 0 Å². The largest absolute Gasteiger partial charge is 0.383 e. The summed E-state index contributed by atoms with van der Waals surface area (Å²) in [6.07, 6.45) is 2.38. The van der Waals surface area contributed by atoms with Crippen molar-refractivity contribution in [1.82, 2.24) is 10.3 Å². The Morgan fingerprint density at radius 3 is 2.90 bits per heavy atom. The molecule has 6 heteroatoms. The number of aromatic nitrogens is 1.